The lowest BCUT2D eigenvalue weighted by atomic mass is 10.1. The second kappa shape index (κ2) is 8.14. The fourth-order valence-corrected chi connectivity index (χ4v) is 2.71. The van der Waals surface area contributed by atoms with Crippen molar-refractivity contribution in [3.05, 3.63) is 23.5 Å². The Balaban J connectivity index is 0.00000144. The molecule has 2 heterocycles. The first kappa shape index (κ1) is 20.7. The van der Waals surface area contributed by atoms with Crippen LogP contribution in [0.3, 0.4) is 0 Å². The van der Waals surface area contributed by atoms with Crippen LogP contribution in [0.5, 0.6) is 0 Å². The summed E-state index contributed by atoms with van der Waals surface area (Å²) < 4.78 is 1.84. The average Bonchev–Trinajstić information content (AvgIpc) is 3.23. The second-order valence-corrected chi connectivity index (χ2v) is 6.44. The molecule has 1 unspecified atom stereocenters. The Bertz CT molecular complexity index is 712. The molecule has 2 aromatic heterocycles. The van der Waals surface area contributed by atoms with E-state index in [4.69, 9.17) is 5.73 Å². The number of hydrogen-bond donors (Lipinski definition) is 2. The molecule has 24 heavy (non-hydrogen) atoms. The first-order chi connectivity index (χ1) is 10.5. The molecule has 1 atom stereocenters. The minimum Gasteiger partial charge on any atom is -0.350 e. The van der Waals surface area contributed by atoms with Gasteiger partial charge in [0, 0.05) is 24.3 Å². The average molecular weight is 374 g/mol. The Morgan fingerprint density at radius 1 is 1.42 bits per heavy atom. The maximum atomic E-state index is 12.5. The predicted octanol–water partition coefficient (Wildman–Crippen LogP) is 2.63. The Morgan fingerprint density at radius 3 is 2.67 bits per heavy atom. The standard InChI is InChI=1S/C16H23N5O.2ClH/c1-9(2)21-15-13(7-19-21)12(6-10(3)20-15)16(22)18-8-14(17)11-4-5-11;;/h6-7,9,11,14H,4-5,8,17H2,1-3H3,(H,18,22);2*1H. The third-order valence-electron chi connectivity index (χ3n) is 4.15. The van der Waals surface area contributed by atoms with Gasteiger partial charge < -0.3 is 11.1 Å². The van der Waals surface area contributed by atoms with E-state index in [0.29, 0.717) is 18.0 Å². The number of nitrogens with two attached hydrogens (primary N) is 1. The van der Waals surface area contributed by atoms with Crippen LogP contribution in [0.2, 0.25) is 0 Å². The molecule has 0 saturated heterocycles. The second-order valence-electron chi connectivity index (χ2n) is 6.44. The summed E-state index contributed by atoms with van der Waals surface area (Å²) in [5.74, 6) is 0.470. The van der Waals surface area contributed by atoms with Crippen molar-refractivity contribution in [1.82, 2.24) is 20.1 Å². The summed E-state index contributed by atoms with van der Waals surface area (Å²) in [5, 5.41) is 8.10. The van der Waals surface area contributed by atoms with E-state index in [1.165, 1.54) is 12.8 Å². The Kier molecular flexibility index (Phi) is 7.01. The van der Waals surface area contributed by atoms with Crippen molar-refractivity contribution in [3.8, 4) is 0 Å². The third kappa shape index (κ3) is 4.18. The van der Waals surface area contributed by atoms with Crippen molar-refractivity contribution < 1.29 is 4.79 Å². The van der Waals surface area contributed by atoms with Gasteiger partial charge in [-0.25, -0.2) is 9.67 Å². The van der Waals surface area contributed by atoms with Gasteiger partial charge in [0.05, 0.1) is 17.1 Å². The molecule has 8 heteroatoms. The molecule has 3 N–H and O–H groups in total. The van der Waals surface area contributed by atoms with Crippen LogP contribution in [0.4, 0.5) is 0 Å². The van der Waals surface area contributed by atoms with Gasteiger partial charge in [0.1, 0.15) is 0 Å². The Hall–Kier alpha value is -1.37. The number of carbonyl (C=O) groups is 1. The fraction of sp³-hybridized carbons (Fsp3) is 0.562. The summed E-state index contributed by atoms with van der Waals surface area (Å²) in [6.45, 7) is 6.50. The van der Waals surface area contributed by atoms with Crippen molar-refractivity contribution in [2.45, 2.75) is 45.7 Å². The van der Waals surface area contributed by atoms with Crippen molar-refractivity contribution in [2.24, 2.45) is 11.7 Å². The molecule has 0 aliphatic heterocycles. The monoisotopic (exact) mass is 373 g/mol. The summed E-state index contributed by atoms with van der Waals surface area (Å²) in [4.78, 5) is 17.0. The maximum Gasteiger partial charge on any atom is 0.252 e. The SMILES string of the molecule is Cc1cc(C(=O)NCC(N)C2CC2)c2cnn(C(C)C)c2n1.Cl.Cl. The van der Waals surface area contributed by atoms with E-state index >= 15 is 0 Å². The lowest BCUT2D eigenvalue weighted by Crippen LogP contribution is -2.38. The first-order valence-corrected chi connectivity index (χ1v) is 7.86. The predicted molar refractivity (Wildman–Crippen MR) is 100 cm³/mol. The zero-order valence-corrected chi connectivity index (χ0v) is 15.8. The largest absolute Gasteiger partial charge is 0.350 e. The smallest absolute Gasteiger partial charge is 0.252 e. The Morgan fingerprint density at radius 2 is 2.08 bits per heavy atom. The van der Waals surface area contributed by atoms with Crippen molar-refractivity contribution in [2.75, 3.05) is 6.54 Å². The van der Waals surface area contributed by atoms with Crippen molar-refractivity contribution >= 4 is 41.8 Å². The number of aryl methyl sites for hydroxylation is 1. The van der Waals surface area contributed by atoms with Gasteiger partial charge in [-0.2, -0.15) is 5.10 Å². The molecule has 0 bridgehead atoms. The quantitative estimate of drug-likeness (QED) is 0.843. The van der Waals surface area contributed by atoms with Gasteiger partial charge in [-0.1, -0.05) is 0 Å². The number of fused-ring (bicyclic) bond motifs is 1. The molecule has 0 aromatic carbocycles. The van der Waals surface area contributed by atoms with Crippen LogP contribution in [0.25, 0.3) is 11.0 Å². The maximum absolute atomic E-state index is 12.5. The molecule has 3 rings (SSSR count). The fourth-order valence-electron chi connectivity index (χ4n) is 2.71. The number of halogens is 2. The van der Waals surface area contributed by atoms with Gasteiger partial charge in [-0.3, -0.25) is 4.79 Å². The summed E-state index contributed by atoms with van der Waals surface area (Å²) in [5.41, 5.74) is 8.24. The number of pyridine rings is 1. The van der Waals surface area contributed by atoms with E-state index in [1.54, 1.807) is 6.20 Å². The van der Waals surface area contributed by atoms with Crippen LogP contribution >= 0.6 is 24.8 Å². The number of carbonyl (C=O) groups excluding carboxylic acids is 1. The van der Waals surface area contributed by atoms with Crippen molar-refractivity contribution in [1.29, 1.82) is 0 Å². The van der Waals surface area contributed by atoms with Crippen molar-refractivity contribution in [3.63, 3.8) is 0 Å². The number of nitrogens with zero attached hydrogens (tertiary/aromatic N) is 3. The van der Waals surface area contributed by atoms with E-state index < -0.39 is 0 Å². The molecule has 0 spiro atoms. The Labute approximate surface area is 154 Å². The third-order valence-corrected chi connectivity index (χ3v) is 4.15. The molecular formula is C16H25Cl2N5O. The van der Waals surface area contributed by atoms with E-state index in [1.807, 2.05) is 31.5 Å². The van der Waals surface area contributed by atoms with Gasteiger partial charge in [-0.05, 0) is 45.6 Å². The van der Waals surface area contributed by atoms with Gasteiger partial charge in [0.15, 0.2) is 5.65 Å². The van der Waals surface area contributed by atoms with E-state index in [2.05, 4.69) is 15.4 Å². The van der Waals surface area contributed by atoms with Crippen LogP contribution in [0.1, 0.15) is 48.8 Å². The van der Waals surface area contributed by atoms with Crippen LogP contribution in [0, 0.1) is 12.8 Å². The number of aromatic nitrogens is 3. The van der Waals surface area contributed by atoms with E-state index in [-0.39, 0.29) is 42.8 Å². The highest BCUT2D eigenvalue weighted by Crippen LogP contribution is 2.31. The molecular weight excluding hydrogens is 349 g/mol. The lowest BCUT2D eigenvalue weighted by Gasteiger charge is -2.12. The van der Waals surface area contributed by atoms with Gasteiger partial charge in [0.25, 0.3) is 5.91 Å². The van der Waals surface area contributed by atoms with Crippen LogP contribution in [-0.4, -0.2) is 33.3 Å². The number of rotatable bonds is 5. The molecule has 1 saturated carbocycles. The number of nitrogens with one attached hydrogen (secondary N) is 1. The number of hydrogen-bond acceptors (Lipinski definition) is 4. The van der Waals surface area contributed by atoms with E-state index in [9.17, 15) is 4.79 Å². The topological polar surface area (TPSA) is 85.8 Å². The summed E-state index contributed by atoms with van der Waals surface area (Å²) in [6.07, 6.45) is 4.07. The summed E-state index contributed by atoms with van der Waals surface area (Å²) in [6, 6.07) is 2.07. The van der Waals surface area contributed by atoms with Gasteiger partial charge in [0.2, 0.25) is 0 Å². The summed E-state index contributed by atoms with van der Waals surface area (Å²) >= 11 is 0. The van der Waals surface area contributed by atoms with E-state index in [0.717, 1.165) is 16.7 Å². The molecule has 0 radical (unpaired) electrons. The molecule has 1 amide bonds. The molecule has 1 fully saturated rings. The van der Waals surface area contributed by atoms with Gasteiger partial charge >= 0.3 is 0 Å². The van der Waals surface area contributed by atoms with Gasteiger partial charge in [-0.15, -0.1) is 24.8 Å². The van der Waals surface area contributed by atoms with Crippen LogP contribution in [-0.2, 0) is 0 Å². The van der Waals surface area contributed by atoms with Crippen LogP contribution in [0.15, 0.2) is 12.3 Å². The molecule has 2 aromatic rings. The summed E-state index contributed by atoms with van der Waals surface area (Å²) in [7, 11) is 0. The highest BCUT2D eigenvalue weighted by atomic mass is 35.5. The molecule has 6 nitrogen and oxygen atoms in total. The molecule has 1 aliphatic rings. The first-order valence-electron chi connectivity index (χ1n) is 7.86. The molecule has 134 valence electrons. The zero-order chi connectivity index (χ0) is 15.9. The minimum absolute atomic E-state index is 0. The normalized spacial score (nSPS) is 14.9. The molecule has 1 aliphatic carbocycles. The highest BCUT2D eigenvalue weighted by molar-refractivity contribution is 6.05. The lowest BCUT2D eigenvalue weighted by molar-refractivity contribution is 0.0952. The zero-order valence-electron chi connectivity index (χ0n) is 14.2. The van der Waals surface area contributed by atoms with Crippen LogP contribution < -0.4 is 11.1 Å². The number of amides is 1. The minimum atomic E-state index is -0.102. The highest BCUT2D eigenvalue weighted by Gasteiger charge is 2.28.